The maximum Gasteiger partial charge on any atom is 0.251 e. The second-order valence-corrected chi connectivity index (χ2v) is 7.77. The number of nitrogens with zero attached hydrogens (tertiary/aromatic N) is 3. The maximum atomic E-state index is 12.9. The summed E-state index contributed by atoms with van der Waals surface area (Å²) < 4.78 is 8.16. The van der Waals surface area contributed by atoms with Gasteiger partial charge in [-0.05, 0) is 67.4 Å². The fraction of sp³-hybridized carbons (Fsp3) is 0.115. The van der Waals surface area contributed by atoms with Gasteiger partial charge in [0, 0.05) is 47.8 Å². The van der Waals surface area contributed by atoms with Crippen molar-refractivity contribution in [2.75, 3.05) is 0 Å². The van der Waals surface area contributed by atoms with Crippen LogP contribution in [0.5, 0.6) is 11.5 Å². The predicted molar refractivity (Wildman–Crippen MR) is 124 cm³/mol. The fourth-order valence-electron chi connectivity index (χ4n) is 3.75. The van der Waals surface area contributed by atoms with Crippen LogP contribution in [0.2, 0.25) is 0 Å². The second kappa shape index (κ2) is 8.15. The first-order valence-corrected chi connectivity index (χ1v) is 10.4. The smallest absolute Gasteiger partial charge is 0.251 e. The minimum atomic E-state index is -0.147. The summed E-state index contributed by atoms with van der Waals surface area (Å²) in [6.07, 6.45) is 7.31. The number of amides is 1. The molecule has 3 heterocycles. The monoisotopic (exact) mass is 422 g/mol. The largest absolute Gasteiger partial charge is 0.456 e. The van der Waals surface area contributed by atoms with E-state index in [1.54, 1.807) is 12.4 Å². The number of carbonyl (C=O) groups is 1. The van der Waals surface area contributed by atoms with Crippen LogP contribution < -0.4 is 10.1 Å². The highest BCUT2D eigenvalue weighted by Gasteiger charge is 2.14. The summed E-state index contributed by atoms with van der Waals surface area (Å²) in [6, 6.07) is 17.4. The SMILES string of the molecule is Cc1ccc2c(Oc3cccc(C(=O)NCc4ccn5ccnc5c4)c3C)ccnc2c1. The lowest BCUT2D eigenvalue weighted by atomic mass is 10.1. The Balaban J connectivity index is 1.36. The lowest BCUT2D eigenvalue weighted by molar-refractivity contribution is 0.0950. The minimum Gasteiger partial charge on any atom is -0.456 e. The molecule has 158 valence electrons. The summed E-state index contributed by atoms with van der Waals surface area (Å²) >= 11 is 0. The van der Waals surface area contributed by atoms with E-state index in [1.807, 2.05) is 85.2 Å². The van der Waals surface area contributed by atoms with Crippen molar-refractivity contribution in [2.24, 2.45) is 0 Å². The number of nitrogens with one attached hydrogen (secondary N) is 1. The lowest BCUT2D eigenvalue weighted by Crippen LogP contribution is -2.23. The van der Waals surface area contributed by atoms with Crippen molar-refractivity contribution in [3.05, 3.63) is 102 Å². The molecule has 0 aliphatic rings. The van der Waals surface area contributed by atoms with Crippen LogP contribution in [0.25, 0.3) is 16.6 Å². The molecule has 5 rings (SSSR count). The molecule has 0 bridgehead atoms. The number of imidazole rings is 1. The number of benzene rings is 2. The highest BCUT2D eigenvalue weighted by atomic mass is 16.5. The van der Waals surface area contributed by atoms with E-state index in [0.717, 1.165) is 33.2 Å². The molecule has 6 heteroatoms. The van der Waals surface area contributed by atoms with E-state index in [0.29, 0.717) is 23.6 Å². The molecule has 3 aromatic heterocycles. The number of pyridine rings is 2. The van der Waals surface area contributed by atoms with Crippen LogP contribution in [0.1, 0.15) is 27.0 Å². The molecule has 1 amide bonds. The zero-order valence-corrected chi connectivity index (χ0v) is 17.9. The first-order chi connectivity index (χ1) is 15.6. The Hall–Kier alpha value is -4.19. The molecule has 1 N–H and O–H groups in total. The van der Waals surface area contributed by atoms with Crippen molar-refractivity contribution in [2.45, 2.75) is 20.4 Å². The van der Waals surface area contributed by atoms with E-state index in [9.17, 15) is 4.79 Å². The van der Waals surface area contributed by atoms with E-state index in [2.05, 4.69) is 15.3 Å². The van der Waals surface area contributed by atoms with Crippen LogP contribution in [0.3, 0.4) is 0 Å². The van der Waals surface area contributed by atoms with Crippen molar-refractivity contribution in [1.29, 1.82) is 0 Å². The van der Waals surface area contributed by atoms with Gasteiger partial charge in [-0.1, -0.05) is 12.1 Å². The molecule has 6 nitrogen and oxygen atoms in total. The molecule has 5 aromatic rings. The number of aryl methyl sites for hydroxylation is 1. The number of carbonyl (C=O) groups excluding carboxylic acids is 1. The molecule has 0 aliphatic carbocycles. The average molecular weight is 422 g/mol. The zero-order valence-electron chi connectivity index (χ0n) is 17.9. The van der Waals surface area contributed by atoms with Crippen LogP contribution in [-0.4, -0.2) is 20.3 Å². The minimum absolute atomic E-state index is 0.147. The summed E-state index contributed by atoms with van der Waals surface area (Å²) in [5.74, 6) is 1.21. The Morgan fingerprint density at radius 2 is 1.88 bits per heavy atom. The molecule has 0 atom stereocenters. The van der Waals surface area contributed by atoms with Gasteiger partial charge in [0.25, 0.3) is 5.91 Å². The molecule has 0 saturated carbocycles. The Labute approximate surface area is 185 Å². The number of ether oxygens (including phenoxy) is 1. The third kappa shape index (κ3) is 3.78. The first kappa shape index (κ1) is 19.8. The van der Waals surface area contributed by atoms with Crippen LogP contribution in [-0.2, 0) is 6.54 Å². The van der Waals surface area contributed by atoms with Gasteiger partial charge in [-0.15, -0.1) is 0 Å². The third-order valence-electron chi connectivity index (χ3n) is 5.52. The van der Waals surface area contributed by atoms with Crippen molar-refractivity contribution < 1.29 is 9.53 Å². The summed E-state index contributed by atoms with van der Waals surface area (Å²) in [5.41, 5.74) is 5.22. The topological polar surface area (TPSA) is 68.5 Å². The van der Waals surface area contributed by atoms with Crippen LogP contribution in [0.4, 0.5) is 0 Å². The van der Waals surface area contributed by atoms with E-state index in [-0.39, 0.29) is 5.91 Å². The van der Waals surface area contributed by atoms with E-state index < -0.39 is 0 Å². The quantitative estimate of drug-likeness (QED) is 0.422. The van der Waals surface area contributed by atoms with E-state index in [1.165, 1.54) is 0 Å². The van der Waals surface area contributed by atoms with Gasteiger partial charge in [-0.3, -0.25) is 9.78 Å². The lowest BCUT2D eigenvalue weighted by Gasteiger charge is -2.14. The molecular weight excluding hydrogens is 400 g/mol. The van der Waals surface area contributed by atoms with Gasteiger partial charge in [-0.25, -0.2) is 4.98 Å². The van der Waals surface area contributed by atoms with Gasteiger partial charge in [0.2, 0.25) is 0 Å². The molecule has 0 fully saturated rings. The number of hydrogen-bond acceptors (Lipinski definition) is 4. The molecule has 0 unspecified atom stereocenters. The average Bonchev–Trinajstić information content (AvgIpc) is 3.27. The van der Waals surface area contributed by atoms with Crippen molar-refractivity contribution in [1.82, 2.24) is 19.7 Å². The maximum absolute atomic E-state index is 12.9. The van der Waals surface area contributed by atoms with E-state index >= 15 is 0 Å². The van der Waals surface area contributed by atoms with Gasteiger partial charge < -0.3 is 14.5 Å². The molecular formula is C26H22N4O2. The van der Waals surface area contributed by atoms with Crippen LogP contribution in [0.15, 0.2) is 79.4 Å². The highest BCUT2D eigenvalue weighted by Crippen LogP contribution is 2.32. The summed E-state index contributed by atoms with van der Waals surface area (Å²) in [4.78, 5) is 21.6. The predicted octanol–water partition coefficient (Wildman–Crippen LogP) is 5.22. The van der Waals surface area contributed by atoms with Gasteiger partial charge in [0.1, 0.15) is 17.1 Å². The van der Waals surface area contributed by atoms with Crippen molar-refractivity contribution >= 4 is 22.5 Å². The summed E-state index contributed by atoms with van der Waals surface area (Å²) in [5, 5.41) is 3.93. The van der Waals surface area contributed by atoms with Gasteiger partial charge >= 0.3 is 0 Å². The first-order valence-electron chi connectivity index (χ1n) is 10.4. The van der Waals surface area contributed by atoms with Crippen molar-refractivity contribution in [3.8, 4) is 11.5 Å². The molecule has 0 radical (unpaired) electrons. The summed E-state index contributed by atoms with van der Waals surface area (Å²) in [7, 11) is 0. The number of rotatable bonds is 5. The molecule has 0 saturated heterocycles. The van der Waals surface area contributed by atoms with Crippen LogP contribution in [0, 0.1) is 13.8 Å². The number of hydrogen-bond donors (Lipinski definition) is 1. The molecule has 32 heavy (non-hydrogen) atoms. The zero-order chi connectivity index (χ0) is 22.1. The Bertz CT molecular complexity index is 1460. The Kier molecular flexibility index (Phi) is 5.03. The molecule has 0 aliphatic heterocycles. The number of aromatic nitrogens is 3. The standard InChI is InChI=1S/C26H22N4O2/c1-17-6-7-21-22(14-17)27-10-8-24(21)32-23-5-3-4-20(18(23)2)26(31)29-16-19-9-12-30-13-11-28-25(30)15-19/h3-15H,16H2,1-2H3,(H,29,31). The van der Waals surface area contributed by atoms with Gasteiger partial charge in [-0.2, -0.15) is 0 Å². The van der Waals surface area contributed by atoms with Gasteiger partial charge in [0.15, 0.2) is 0 Å². The normalized spacial score (nSPS) is 11.1. The molecule has 0 spiro atoms. The Morgan fingerprint density at radius 1 is 0.969 bits per heavy atom. The van der Waals surface area contributed by atoms with Crippen LogP contribution >= 0.6 is 0 Å². The second-order valence-electron chi connectivity index (χ2n) is 7.77. The third-order valence-corrected chi connectivity index (χ3v) is 5.52. The molecule has 2 aromatic carbocycles. The fourth-order valence-corrected chi connectivity index (χ4v) is 3.75. The van der Waals surface area contributed by atoms with Gasteiger partial charge in [0.05, 0.1) is 5.52 Å². The number of fused-ring (bicyclic) bond motifs is 2. The highest BCUT2D eigenvalue weighted by molar-refractivity contribution is 5.96. The summed E-state index contributed by atoms with van der Waals surface area (Å²) in [6.45, 7) is 4.35. The van der Waals surface area contributed by atoms with E-state index in [4.69, 9.17) is 4.74 Å². The Morgan fingerprint density at radius 3 is 2.78 bits per heavy atom. The van der Waals surface area contributed by atoms with Crippen molar-refractivity contribution in [3.63, 3.8) is 0 Å².